The van der Waals surface area contributed by atoms with Gasteiger partial charge in [-0.25, -0.2) is 0 Å². The summed E-state index contributed by atoms with van der Waals surface area (Å²) in [5.74, 6) is 0. The highest BCUT2D eigenvalue weighted by molar-refractivity contribution is 5.10. The minimum absolute atomic E-state index is 1.15. The molecule has 0 aromatic heterocycles. The zero-order valence-corrected chi connectivity index (χ0v) is 9.26. The van der Waals surface area contributed by atoms with Crippen molar-refractivity contribution in [1.29, 1.82) is 0 Å². The molecule has 1 saturated heterocycles. The third-order valence-electron chi connectivity index (χ3n) is 2.77. The van der Waals surface area contributed by atoms with Crippen molar-refractivity contribution in [2.75, 3.05) is 32.7 Å². The van der Waals surface area contributed by atoms with Crippen molar-refractivity contribution in [3.63, 3.8) is 0 Å². The number of hydrogen-bond donors (Lipinski definition) is 1. The van der Waals surface area contributed by atoms with Crippen LogP contribution in [-0.2, 0) is 0 Å². The van der Waals surface area contributed by atoms with Gasteiger partial charge in [-0.15, -0.1) is 0 Å². The van der Waals surface area contributed by atoms with Gasteiger partial charge in [0.25, 0.3) is 0 Å². The maximum absolute atomic E-state index is 3.74. The second-order valence-electron chi connectivity index (χ2n) is 3.76. The van der Waals surface area contributed by atoms with Gasteiger partial charge >= 0.3 is 0 Å². The minimum atomic E-state index is 1.15. The Labute approximate surface area is 87.7 Å². The van der Waals surface area contributed by atoms with Crippen LogP contribution in [0.4, 0.5) is 0 Å². The van der Waals surface area contributed by atoms with Crippen molar-refractivity contribution in [2.45, 2.75) is 19.8 Å². The summed E-state index contributed by atoms with van der Waals surface area (Å²) in [6, 6.07) is 0. The molecule has 1 N–H and O–H groups in total. The van der Waals surface area contributed by atoms with Crippen LogP contribution in [-0.4, -0.2) is 37.6 Å². The number of piperazine rings is 1. The van der Waals surface area contributed by atoms with E-state index in [1.54, 1.807) is 0 Å². The first kappa shape index (κ1) is 11.5. The van der Waals surface area contributed by atoms with E-state index in [1.807, 2.05) is 6.08 Å². The number of nitrogens with one attached hydrogen (secondary N) is 1. The van der Waals surface area contributed by atoms with Crippen LogP contribution in [0.3, 0.4) is 0 Å². The Morgan fingerprint density at radius 1 is 1.43 bits per heavy atom. The van der Waals surface area contributed by atoms with Crippen LogP contribution >= 0.6 is 0 Å². The zero-order chi connectivity index (χ0) is 10.2. The summed E-state index contributed by atoms with van der Waals surface area (Å²) < 4.78 is 0. The quantitative estimate of drug-likeness (QED) is 0.671. The van der Waals surface area contributed by atoms with Gasteiger partial charge in [-0.2, -0.15) is 0 Å². The molecule has 1 heterocycles. The predicted molar refractivity (Wildman–Crippen MR) is 62.5 cm³/mol. The highest BCUT2D eigenvalue weighted by Gasteiger charge is 2.08. The van der Waals surface area contributed by atoms with Crippen molar-refractivity contribution >= 4 is 0 Å². The molecule has 1 aliphatic rings. The fraction of sp³-hybridized carbons (Fsp3) is 0.667. The third-order valence-corrected chi connectivity index (χ3v) is 2.77. The maximum Gasteiger partial charge on any atom is 0.0107 e. The summed E-state index contributed by atoms with van der Waals surface area (Å²) >= 11 is 0. The van der Waals surface area contributed by atoms with Crippen LogP contribution in [0.5, 0.6) is 0 Å². The van der Waals surface area contributed by atoms with Crippen molar-refractivity contribution in [1.82, 2.24) is 10.2 Å². The van der Waals surface area contributed by atoms with Gasteiger partial charge in [-0.1, -0.05) is 31.2 Å². The highest BCUT2D eigenvalue weighted by atomic mass is 15.2. The minimum Gasteiger partial charge on any atom is -0.314 e. The summed E-state index contributed by atoms with van der Waals surface area (Å²) in [6.45, 7) is 11.9. The number of allylic oxidation sites excluding steroid dienone is 2. The molecule has 80 valence electrons. The second-order valence-corrected chi connectivity index (χ2v) is 3.76. The van der Waals surface area contributed by atoms with Gasteiger partial charge < -0.3 is 10.2 Å². The number of nitrogens with zero attached hydrogens (tertiary/aromatic N) is 1. The number of rotatable bonds is 5. The van der Waals surface area contributed by atoms with E-state index in [4.69, 9.17) is 0 Å². The molecule has 2 nitrogen and oxygen atoms in total. The Morgan fingerprint density at radius 2 is 2.14 bits per heavy atom. The lowest BCUT2D eigenvalue weighted by Crippen LogP contribution is -2.43. The first-order valence-corrected chi connectivity index (χ1v) is 5.60. The van der Waals surface area contributed by atoms with Crippen molar-refractivity contribution < 1.29 is 0 Å². The fourth-order valence-corrected chi connectivity index (χ4v) is 1.78. The molecular formula is C12H22N2. The van der Waals surface area contributed by atoms with E-state index in [0.29, 0.717) is 0 Å². The lowest BCUT2D eigenvalue weighted by atomic mass is 10.1. The van der Waals surface area contributed by atoms with Gasteiger partial charge in [-0.3, -0.25) is 0 Å². The van der Waals surface area contributed by atoms with E-state index in [0.717, 1.165) is 19.5 Å². The first-order chi connectivity index (χ1) is 6.86. The van der Waals surface area contributed by atoms with E-state index in [9.17, 15) is 0 Å². The molecule has 0 spiro atoms. The standard InChI is InChI=1S/C12H22N2/c1-3-5-12(4-2)6-9-14-10-7-13-8-11-14/h3,5,13H,1,4,6-11H2,2H3/b12-5+. The average Bonchev–Trinajstić information content (AvgIpc) is 2.25. The Kier molecular flexibility index (Phi) is 5.57. The van der Waals surface area contributed by atoms with Gasteiger partial charge in [0.15, 0.2) is 0 Å². The maximum atomic E-state index is 3.74. The Hall–Kier alpha value is -0.600. The van der Waals surface area contributed by atoms with E-state index in [1.165, 1.54) is 31.6 Å². The molecule has 0 radical (unpaired) electrons. The van der Waals surface area contributed by atoms with Gasteiger partial charge in [-0.05, 0) is 12.8 Å². The molecule has 0 aromatic rings. The summed E-state index contributed by atoms with van der Waals surface area (Å²) in [6.07, 6.45) is 6.40. The Morgan fingerprint density at radius 3 is 2.71 bits per heavy atom. The van der Waals surface area contributed by atoms with Crippen molar-refractivity contribution in [3.8, 4) is 0 Å². The van der Waals surface area contributed by atoms with Gasteiger partial charge in [0.2, 0.25) is 0 Å². The van der Waals surface area contributed by atoms with Gasteiger partial charge in [0.1, 0.15) is 0 Å². The molecule has 0 saturated carbocycles. The van der Waals surface area contributed by atoms with Crippen molar-refractivity contribution in [2.24, 2.45) is 0 Å². The summed E-state index contributed by atoms with van der Waals surface area (Å²) in [5.41, 5.74) is 1.51. The molecule has 0 aliphatic carbocycles. The lowest BCUT2D eigenvalue weighted by molar-refractivity contribution is 0.243. The molecule has 1 aliphatic heterocycles. The molecule has 0 amide bonds. The monoisotopic (exact) mass is 194 g/mol. The van der Waals surface area contributed by atoms with E-state index in [-0.39, 0.29) is 0 Å². The fourth-order valence-electron chi connectivity index (χ4n) is 1.78. The van der Waals surface area contributed by atoms with Gasteiger partial charge in [0.05, 0.1) is 0 Å². The highest BCUT2D eigenvalue weighted by Crippen LogP contribution is 2.08. The molecular weight excluding hydrogens is 172 g/mol. The van der Waals surface area contributed by atoms with Crippen LogP contribution in [0.15, 0.2) is 24.3 Å². The van der Waals surface area contributed by atoms with Crippen LogP contribution < -0.4 is 5.32 Å². The molecule has 1 rings (SSSR count). The summed E-state index contributed by atoms with van der Waals surface area (Å²) in [7, 11) is 0. The first-order valence-electron chi connectivity index (χ1n) is 5.60. The molecule has 0 atom stereocenters. The summed E-state index contributed by atoms with van der Waals surface area (Å²) in [4.78, 5) is 2.53. The summed E-state index contributed by atoms with van der Waals surface area (Å²) in [5, 5.41) is 3.37. The molecule has 2 heteroatoms. The normalized spacial score (nSPS) is 19.6. The third kappa shape index (κ3) is 4.07. The van der Waals surface area contributed by atoms with E-state index >= 15 is 0 Å². The smallest absolute Gasteiger partial charge is 0.0107 e. The molecule has 1 fully saturated rings. The second kappa shape index (κ2) is 6.80. The molecule has 0 aromatic carbocycles. The number of hydrogen-bond acceptors (Lipinski definition) is 2. The average molecular weight is 194 g/mol. The van der Waals surface area contributed by atoms with E-state index < -0.39 is 0 Å². The lowest BCUT2D eigenvalue weighted by Gasteiger charge is -2.27. The molecule has 0 bridgehead atoms. The van der Waals surface area contributed by atoms with Crippen LogP contribution in [0.2, 0.25) is 0 Å². The molecule has 14 heavy (non-hydrogen) atoms. The van der Waals surface area contributed by atoms with Crippen LogP contribution in [0.1, 0.15) is 19.8 Å². The SMILES string of the molecule is C=C/C=C(\CC)CCN1CCNCC1. The van der Waals surface area contributed by atoms with Crippen LogP contribution in [0, 0.1) is 0 Å². The molecule has 0 unspecified atom stereocenters. The zero-order valence-electron chi connectivity index (χ0n) is 9.26. The topological polar surface area (TPSA) is 15.3 Å². The van der Waals surface area contributed by atoms with E-state index in [2.05, 4.69) is 29.8 Å². The Bertz CT molecular complexity index is 190. The van der Waals surface area contributed by atoms with Crippen LogP contribution in [0.25, 0.3) is 0 Å². The predicted octanol–water partition coefficient (Wildman–Crippen LogP) is 1.80. The van der Waals surface area contributed by atoms with Gasteiger partial charge in [0, 0.05) is 32.7 Å². The van der Waals surface area contributed by atoms with Crippen molar-refractivity contribution in [3.05, 3.63) is 24.3 Å². The Balaban J connectivity index is 2.23. The largest absolute Gasteiger partial charge is 0.314 e.